The maximum atomic E-state index is 14.6. The first-order chi connectivity index (χ1) is 18.7. The Labute approximate surface area is 244 Å². The number of hydrogen-bond donors (Lipinski definition) is 1. The number of phenols is 1. The van der Waals surface area contributed by atoms with Gasteiger partial charge in [0, 0.05) is 10.8 Å². The van der Waals surface area contributed by atoms with E-state index in [1.165, 1.54) is 11.8 Å². The first kappa shape index (κ1) is 30.0. The Hall–Kier alpha value is -3.02. The largest absolute Gasteiger partial charge is 0.507 e. The van der Waals surface area contributed by atoms with Gasteiger partial charge in [-0.05, 0) is 64.3 Å². The van der Waals surface area contributed by atoms with E-state index in [-0.39, 0.29) is 16.6 Å². The standard InChI is InChI=1S/C35H40O3S2/c1-24-18-20-28(21-19-24)40(37,38)33(39-27-16-12-9-13-17-27)31(25-14-10-8-11-15-25)26-22-29(34(2,3)4)32(36)30(23-26)35(5,6)7/h8-23,31,33,36H,1-7H3. The van der Waals surface area contributed by atoms with Crippen molar-refractivity contribution in [1.29, 1.82) is 0 Å². The summed E-state index contributed by atoms with van der Waals surface area (Å²) < 4.78 is 28.3. The molecule has 0 radical (unpaired) electrons. The SMILES string of the molecule is Cc1ccc(S(=O)(=O)C(Sc2ccccc2)C(c2ccccc2)c2cc(C(C)(C)C)c(O)c(C(C)(C)C)c2)cc1. The van der Waals surface area contributed by atoms with Gasteiger partial charge >= 0.3 is 0 Å². The molecule has 0 aromatic heterocycles. The van der Waals surface area contributed by atoms with Crippen molar-refractivity contribution in [3.05, 3.63) is 125 Å². The summed E-state index contributed by atoms with van der Waals surface area (Å²) in [5.74, 6) is -0.218. The van der Waals surface area contributed by atoms with E-state index < -0.39 is 20.3 Å². The van der Waals surface area contributed by atoms with E-state index in [0.717, 1.165) is 32.7 Å². The molecule has 4 rings (SSSR count). The van der Waals surface area contributed by atoms with Gasteiger partial charge in [0.25, 0.3) is 0 Å². The molecule has 0 fully saturated rings. The third-order valence-corrected chi connectivity index (χ3v) is 11.1. The molecular weight excluding hydrogens is 533 g/mol. The van der Waals surface area contributed by atoms with E-state index in [1.807, 2.05) is 91.9 Å². The van der Waals surface area contributed by atoms with Crippen LogP contribution in [0.15, 0.2) is 107 Å². The number of aryl methyl sites for hydroxylation is 1. The van der Waals surface area contributed by atoms with Gasteiger partial charge in [-0.1, -0.05) is 120 Å². The lowest BCUT2D eigenvalue weighted by Gasteiger charge is -2.32. The van der Waals surface area contributed by atoms with Gasteiger partial charge in [0.1, 0.15) is 10.3 Å². The molecule has 0 saturated heterocycles. The van der Waals surface area contributed by atoms with Gasteiger partial charge in [-0.15, -0.1) is 11.8 Å². The number of aromatic hydroxyl groups is 1. The van der Waals surface area contributed by atoms with Gasteiger partial charge in [0.05, 0.1) is 4.90 Å². The minimum absolute atomic E-state index is 0.282. The normalized spacial score (nSPS) is 14.1. The minimum Gasteiger partial charge on any atom is -0.507 e. The maximum absolute atomic E-state index is 14.6. The smallest absolute Gasteiger partial charge is 0.191 e. The Kier molecular flexibility index (Phi) is 8.58. The highest BCUT2D eigenvalue weighted by molar-refractivity contribution is 8.13. The van der Waals surface area contributed by atoms with Crippen LogP contribution in [0.5, 0.6) is 5.75 Å². The molecule has 40 heavy (non-hydrogen) atoms. The van der Waals surface area contributed by atoms with Crippen LogP contribution in [0.1, 0.15) is 75.3 Å². The lowest BCUT2D eigenvalue weighted by atomic mass is 9.76. The van der Waals surface area contributed by atoms with Crippen molar-refractivity contribution >= 4 is 21.6 Å². The highest BCUT2D eigenvalue weighted by Crippen LogP contribution is 2.47. The van der Waals surface area contributed by atoms with Crippen molar-refractivity contribution in [2.45, 2.75) is 79.6 Å². The molecule has 2 unspecified atom stereocenters. The van der Waals surface area contributed by atoms with E-state index in [0.29, 0.717) is 4.90 Å². The Morgan fingerprint density at radius 1 is 0.675 bits per heavy atom. The minimum atomic E-state index is -3.82. The Bertz CT molecular complexity index is 1510. The summed E-state index contributed by atoms with van der Waals surface area (Å²) in [7, 11) is -3.82. The molecule has 0 aliphatic heterocycles. The third kappa shape index (κ3) is 6.47. The molecule has 4 aromatic carbocycles. The van der Waals surface area contributed by atoms with Crippen molar-refractivity contribution in [1.82, 2.24) is 0 Å². The quantitative estimate of drug-likeness (QED) is 0.225. The van der Waals surface area contributed by atoms with E-state index in [9.17, 15) is 13.5 Å². The summed E-state index contributed by atoms with van der Waals surface area (Å²) >= 11 is 1.37. The van der Waals surface area contributed by atoms with Crippen LogP contribution in [0.2, 0.25) is 0 Å². The zero-order valence-electron chi connectivity index (χ0n) is 24.5. The molecule has 0 saturated carbocycles. The number of sulfone groups is 1. The molecule has 0 heterocycles. The molecular formula is C35H40O3S2. The zero-order valence-corrected chi connectivity index (χ0v) is 26.1. The summed E-state index contributed by atoms with van der Waals surface area (Å²) in [6.07, 6.45) is 0. The lowest BCUT2D eigenvalue weighted by Crippen LogP contribution is -2.28. The number of rotatable bonds is 7. The highest BCUT2D eigenvalue weighted by Gasteiger charge is 2.39. The van der Waals surface area contributed by atoms with E-state index in [1.54, 1.807) is 12.1 Å². The molecule has 0 bridgehead atoms. The summed E-state index contributed by atoms with van der Waals surface area (Å²) in [6.45, 7) is 14.4. The van der Waals surface area contributed by atoms with Crippen LogP contribution in [-0.2, 0) is 20.7 Å². The van der Waals surface area contributed by atoms with Crippen LogP contribution in [-0.4, -0.2) is 18.1 Å². The Morgan fingerprint density at radius 3 is 1.62 bits per heavy atom. The predicted octanol–water partition coefficient (Wildman–Crippen LogP) is 9.02. The topological polar surface area (TPSA) is 54.4 Å². The molecule has 3 nitrogen and oxygen atoms in total. The zero-order chi connectivity index (χ0) is 29.3. The molecule has 0 aliphatic carbocycles. The van der Waals surface area contributed by atoms with Crippen LogP contribution >= 0.6 is 11.8 Å². The number of phenolic OH excluding ortho intramolecular Hbond substituents is 1. The van der Waals surface area contributed by atoms with Crippen molar-refractivity contribution in [2.75, 3.05) is 0 Å². The van der Waals surface area contributed by atoms with Crippen molar-refractivity contribution in [3.8, 4) is 5.75 Å². The fourth-order valence-corrected chi connectivity index (χ4v) is 8.62. The fraction of sp³-hybridized carbons (Fsp3) is 0.314. The Balaban J connectivity index is 2.06. The monoisotopic (exact) mass is 572 g/mol. The van der Waals surface area contributed by atoms with Gasteiger partial charge in [0.15, 0.2) is 9.84 Å². The second-order valence-corrected chi connectivity index (χ2v) is 16.1. The van der Waals surface area contributed by atoms with E-state index in [4.69, 9.17) is 0 Å². The summed E-state index contributed by atoms with van der Waals surface area (Å²) in [5.41, 5.74) is 3.73. The summed E-state index contributed by atoms with van der Waals surface area (Å²) in [6, 6.07) is 30.8. The summed E-state index contributed by atoms with van der Waals surface area (Å²) in [5, 5.41) is 11.5. The molecule has 210 valence electrons. The number of thioether (sulfide) groups is 1. The van der Waals surface area contributed by atoms with Crippen LogP contribution in [0.4, 0.5) is 0 Å². The number of benzene rings is 4. The fourth-order valence-electron chi connectivity index (χ4n) is 4.95. The molecule has 1 N–H and O–H groups in total. The first-order valence-electron chi connectivity index (χ1n) is 13.6. The Morgan fingerprint density at radius 2 is 1.15 bits per heavy atom. The van der Waals surface area contributed by atoms with Crippen molar-refractivity contribution < 1.29 is 13.5 Å². The lowest BCUT2D eigenvalue weighted by molar-refractivity contribution is 0.422. The second-order valence-electron chi connectivity index (χ2n) is 12.5. The van der Waals surface area contributed by atoms with Crippen LogP contribution < -0.4 is 0 Å². The molecule has 5 heteroatoms. The first-order valence-corrected chi connectivity index (χ1v) is 16.1. The van der Waals surface area contributed by atoms with E-state index in [2.05, 4.69) is 41.5 Å². The molecule has 2 atom stereocenters. The molecule has 0 amide bonds. The third-order valence-electron chi connectivity index (χ3n) is 7.19. The average molecular weight is 573 g/mol. The molecule has 4 aromatic rings. The van der Waals surface area contributed by atoms with Crippen LogP contribution in [0.3, 0.4) is 0 Å². The van der Waals surface area contributed by atoms with E-state index >= 15 is 0 Å². The van der Waals surface area contributed by atoms with Gasteiger partial charge < -0.3 is 5.11 Å². The highest BCUT2D eigenvalue weighted by atomic mass is 32.3. The average Bonchev–Trinajstić information content (AvgIpc) is 2.89. The van der Waals surface area contributed by atoms with Crippen molar-refractivity contribution in [2.24, 2.45) is 0 Å². The number of hydrogen-bond acceptors (Lipinski definition) is 4. The summed E-state index contributed by atoms with van der Waals surface area (Å²) in [4.78, 5) is 1.19. The van der Waals surface area contributed by atoms with Gasteiger partial charge in [-0.25, -0.2) is 8.42 Å². The van der Waals surface area contributed by atoms with Gasteiger partial charge in [-0.3, -0.25) is 0 Å². The van der Waals surface area contributed by atoms with Crippen LogP contribution in [0.25, 0.3) is 0 Å². The van der Waals surface area contributed by atoms with Crippen molar-refractivity contribution in [3.63, 3.8) is 0 Å². The van der Waals surface area contributed by atoms with Gasteiger partial charge in [-0.2, -0.15) is 0 Å². The maximum Gasteiger partial charge on any atom is 0.191 e. The van der Waals surface area contributed by atoms with Gasteiger partial charge in [0.2, 0.25) is 0 Å². The second kappa shape index (κ2) is 11.5. The van der Waals surface area contributed by atoms with Crippen LogP contribution in [0, 0.1) is 6.92 Å². The molecule has 0 aliphatic rings. The molecule has 0 spiro atoms. The predicted molar refractivity (Wildman–Crippen MR) is 168 cm³/mol.